The smallest absolute Gasteiger partial charge is 0.312 e. The molecule has 3 aromatic carbocycles. The van der Waals surface area contributed by atoms with Crippen molar-refractivity contribution < 1.29 is 68.4 Å². The van der Waals surface area contributed by atoms with Crippen LogP contribution in [0.2, 0.25) is 0 Å². The number of rotatable bonds is 8. The molecule has 16 nitrogen and oxygen atoms in total. The lowest BCUT2D eigenvalue weighted by Gasteiger charge is -2.38. The molecule has 11 unspecified atom stereocenters. The van der Waals surface area contributed by atoms with Gasteiger partial charge in [0.15, 0.2) is 12.4 Å². The van der Waals surface area contributed by atoms with Gasteiger partial charge < -0.3 is 59.4 Å². The summed E-state index contributed by atoms with van der Waals surface area (Å²) >= 11 is 0. The molecular formula is C49H62N2O14. The molecule has 3 aliphatic heterocycles. The molecule has 0 aromatic heterocycles. The van der Waals surface area contributed by atoms with Crippen molar-refractivity contribution in [2.75, 3.05) is 26.1 Å². The van der Waals surface area contributed by atoms with E-state index in [0.29, 0.717) is 5.56 Å². The minimum atomic E-state index is -2.07. The monoisotopic (exact) mass is 902 g/mol. The van der Waals surface area contributed by atoms with Crippen molar-refractivity contribution >= 4 is 40.0 Å². The van der Waals surface area contributed by atoms with Crippen LogP contribution in [0.15, 0.2) is 72.5 Å². The van der Waals surface area contributed by atoms with E-state index in [1.807, 2.05) is 0 Å². The number of amides is 2. The Kier molecular flexibility index (Phi) is 15.8. The third-order valence-corrected chi connectivity index (χ3v) is 12.8. The summed E-state index contributed by atoms with van der Waals surface area (Å²) in [7, 11) is 2.92. The number of carbonyl (C=O) groups excluding carboxylic acids is 4. The van der Waals surface area contributed by atoms with Gasteiger partial charge in [-0.2, -0.15) is 0 Å². The molecule has 5 bridgehead atoms. The van der Waals surface area contributed by atoms with Crippen LogP contribution in [-0.2, 0) is 28.6 Å². The number of esters is 1. The van der Waals surface area contributed by atoms with Crippen molar-refractivity contribution in [2.24, 2.45) is 23.7 Å². The van der Waals surface area contributed by atoms with E-state index in [9.17, 15) is 44.7 Å². The van der Waals surface area contributed by atoms with Crippen LogP contribution in [0.25, 0.3) is 10.8 Å². The van der Waals surface area contributed by atoms with Gasteiger partial charge in [0, 0.05) is 74.3 Å². The number of allylic oxidation sites excluding steroid dienone is 2. The van der Waals surface area contributed by atoms with Crippen LogP contribution < -0.4 is 14.8 Å². The quantitative estimate of drug-likeness (QED) is 0.112. The first-order chi connectivity index (χ1) is 30.6. The molecule has 0 saturated carbocycles. The Bertz CT molecular complexity index is 2360. The average molecular weight is 903 g/mol. The summed E-state index contributed by atoms with van der Waals surface area (Å²) in [6, 6.07) is 9.33. The standard InChI is InChI=1S/C49H62N2O14/c1-24-16-15-17-25(2)48(60)50-33-22-35(62-23-36(53)51(10)30(7)43(57)32-18-13-12-14-19-32)37-38(44(33)58)42(56)29(6)46-39(37)47(59)49(9,65-46)63-21-20-34(61-11)26(3)45(64-31(8)52)28(5)41(55)27(4)40(24)54/h12-22,24,26-28,30,34,40-41,43,45,54-58H,23H2,1-11H3,(H,50,60). The van der Waals surface area contributed by atoms with Crippen LogP contribution in [0.4, 0.5) is 5.69 Å². The first-order valence-corrected chi connectivity index (χ1v) is 21.5. The Morgan fingerprint density at radius 3 is 2.25 bits per heavy atom. The van der Waals surface area contributed by atoms with Gasteiger partial charge >= 0.3 is 11.8 Å². The van der Waals surface area contributed by atoms with Gasteiger partial charge in [0.05, 0.1) is 53.4 Å². The number of methoxy groups -OCH3 is 1. The number of aliphatic hydroxyl groups is 3. The Balaban J connectivity index is 1.64. The van der Waals surface area contributed by atoms with Crippen molar-refractivity contribution in [3.63, 3.8) is 0 Å². The molecular weight excluding hydrogens is 841 g/mol. The molecule has 352 valence electrons. The molecule has 11 atom stereocenters. The van der Waals surface area contributed by atoms with E-state index < -0.39 is 108 Å². The van der Waals surface area contributed by atoms with Crippen LogP contribution in [0.5, 0.6) is 23.0 Å². The highest BCUT2D eigenvalue weighted by atomic mass is 16.7. The second-order valence-corrected chi connectivity index (χ2v) is 17.3. The number of aromatic hydroxyl groups is 2. The summed E-state index contributed by atoms with van der Waals surface area (Å²) in [6.45, 7) is 13.5. The maximum Gasteiger partial charge on any atom is 0.312 e. The number of nitrogens with zero attached hydrogens (tertiary/aromatic N) is 1. The molecule has 6 N–H and O–H groups in total. The highest BCUT2D eigenvalue weighted by molar-refractivity contribution is 6.21. The molecule has 6 rings (SSSR count). The lowest BCUT2D eigenvalue weighted by molar-refractivity contribution is -0.160. The summed E-state index contributed by atoms with van der Waals surface area (Å²) in [5.74, 6) is -8.67. The van der Waals surface area contributed by atoms with Gasteiger partial charge in [0.2, 0.25) is 0 Å². The summed E-state index contributed by atoms with van der Waals surface area (Å²) in [5, 5.41) is 59.7. The van der Waals surface area contributed by atoms with Crippen molar-refractivity contribution in [3.05, 3.63) is 89.2 Å². The van der Waals surface area contributed by atoms with E-state index in [1.54, 1.807) is 77.1 Å². The molecule has 3 heterocycles. The number of fused-ring (bicyclic) bond motifs is 14. The van der Waals surface area contributed by atoms with E-state index in [0.717, 1.165) is 0 Å². The Morgan fingerprint density at radius 2 is 1.62 bits per heavy atom. The molecule has 0 fully saturated rings. The topological polar surface area (TPSA) is 231 Å². The number of carbonyl (C=O) groups is 4. The van der Waals surface area contributed by atoms with E-state index in [-0.39, 0.29) is 44.7 Å². The largest absolute Gasteiger partial charge is 0.507 e. The SMILES string of the molecule is COC1C=COC2(C)Oc3c(C)c(O)c4c(O)c(cc(OCC(=O)N(C)C(C)C(O)c5ccccc5)c4c3C2=O)NC(=O)C(C)=CC=CC(C)C(O)C(C)C(O)C(C)C(OC(C)=O)C1C. The van der Waals surface area contributed by atoms with Crippen molar-refractivity contribution in [3.8, 4) is 23.0 Å². The number of Topliss-reactive ketones (excluding diaryl/α,β-unsaturated/α-hetero) is 1. The second-order valence-electron chi connectivity index (χ2n) is 17.3. The zero-order valence-electron chi connectivity index (χ0n) is 38.7. The van der Waals surface area contributed by atoms with Crippen LogP contribution in [0, 0.1) is 30.6 Å². The highest BCUT2D eigenvalue weighted by Crippen LogP contribution is 2.54. The second kappa shape index (κ2) is 20.5. The maximum atomic E-state index is 14.6. The summed E-state index contributed by atoms with van der Waals surface area (Å²) < 4.78 is 29.9. The molecule has 0 spiro atoms. The van der Waals surface area contributed by atoms with E-state index in [2.05, 4.69) is 5.32 Å². The number of benzene rings is 3. The predicted molar refractivity (Wildman–Crippen MR) is 241 cm³/mol. The summed E-state index contributed by atoms with van der Waals surface area (Å²) in [6.07, 6.45) is 2.38. The minimum Gasteiger partial charge on any atom is -0.507 e. The van der Waals surface area contributed by atoms with Crippen LogP contribution >= 0.6 is 0 Å². The third kappa shape index (κ3) is 10.3. The maximum absolute atomic E-state index is 14.6. The average Bonchev–Trinajstić information content (AvgIpc) is 3.55. The van der Waals surface area contributed by atoms with Crippen LogP contribution in [-0.4, -0.2) is 111 Å². The number of nitrogens with one attached hydrogen (secondary N) is 1. The lowest BCUT2D eigenvalue weighted by Crippen LogP contribution is -2.46. The minimum absolute atomic E-state index is 0.0406. The number of ether oxygens (including phenoxy) is 5. The van der Waals surface area contributed by atoms with Crippen molar-refractivity contribution in [1.29, 1.82) is 0 Å². The van der Waals surface area contributed by atoms with Crippen molar-refractivity contribution in [2.45, 2.75) is 105 Å². The normalized spacial score (nSPS) is 27.3. The fraction of sp³-hybridized carbons (Fsp3) is 0.469. The van der Waals surface area contributed by atoms with Crippen LogP contribution in [0.1, 0.15) is 83.0 Å². The lowest BCUT2D eigenvalue weighted by atomic mass is 9.78. The van der Waals surface area contributed by atoms with Gasteiger partial charge in [-0.05, 0) is 32.4 Å². The molecule has 0 radical (unpaired) electrons. The number of anilines is 1. The zero-order valence-corrected chi connectivity index (χ0v) is 38.7. The first-order valence-electron chi connectivity index (χ1n) is 21.5. The summed E-state index contributed by atoms with van der Waals surface area (Å²) in [5.41, 5.74) is 0.410. The number of hydrogen-bond acceptors (Lipinski definition) is 14. The molecule has 65 heavy (non-hydrogen) atoms. The molecule has 0 aliphatic carbocycles. The van der Waals surface area contributed by atoms with Gasteiger partial charge in [-0.1, -0.05) is 76.3 Å². The van der Waals surface area contributed by atoms with E-state index in [1.165, 1.54) is 71.2 Å². The number of likely N-dealkylation sites (N-methyl/N-ethyl adjacent to an activating group) is 1. The Morgan fingerprint density at radius 1 is 0.954 bits per heavy atom. The first kappa shape index (κ1) is 50.1. The highest BCUT2D eigenvalue weighted by Gasteiger charge is 2.50. The number of ketones is 1. The number of phenolic OH excluding ortho intramolecular Hbond substituents is 2. The number of hydrogen-bond donors (Lipinski definition) is 6. The van der Waals surface area contributed by atoms with Crippen LogP contribution in [0.3, 0.4) is 0 Å². The van der Waals surface area contributed by atoms with Gasteiger partial charge in [0.1, 0.15) is 23.4 Å². The Labute approximate surface area is 379 Å². The molecule has 3 aromatic rings. The van der Waals surface area contributed by atoms with E-state index >= 15 is 0 Å². The zero-order chi connectivity index (χ0) is 48.2. The molecule has 2 amide bonds. The fourth-order valence-corrected chi connectivity index (χ4v) is 8.36. The molecule has 3 aliphatic rings. The van der Waals surface area contributed by atoms with Crippen molar-refractivity contribution in [1.82, 2.24) is 4.90 Å². The molecule has 16 heteroatoms. The van der Waals surface area contributed by atoms with Gasteiger partial charge in [0.25, 0.3) is 17.6 Å². The number of phenols is 2. The fourth-order valence-electron chi connectivity index (χ4n) is 8.36. The van der Waals surface area contributed by atoms with Gasteiger partial charge in [-0.25, -0.2) is 0 Å². The molecule has 0 saturated heterocycles. The number of aliphatic hydroxyl groups excluding tert-OH is 3. The van der Waals surface area contributed by atoms with Gasteiger partial charge in [-0.15, -0.1) is 0 Å². The summed E-state index contributed by atoms with van der Waals surface area (Å²) in [4.78, 5) is 55.7. The predicted octanol–water partition coefficient (Wildman–Crippen LogP) is 6.01. The third-order valence-electron chi connectivity index (χ3n) is 12.8. The van der Waals surface area contributed by atoms with Gasteiger partial charge in [-0.3, -0.25) is 19.2 Å². The Hall–Kier alpha value is -5.94. The van der Waals surface area contributed by atoms with E-state index in [4.69, 9.17) is 23.7 Å².